The zero-order chi connectivity index (χ0) is 16.4. The van der Waals surface area contributed by atoms with Crippen LogP contribution in [-0.2, 0) is 0 Å². The van der Waals surface area contributed by atoms with E-state index in [4.69, 9.17) is 0 Å². The Morgan fingerprint density at radius 1 is 1.13 bits per heavy atom. The summed E-state index contributed by atoms with van der Waals surface area (Å²) in [6, 6.07) is 11.8. The summed E-state index contributed by atoms with van der Waals surface area (Å²) >= 11 is 0. The molecule has 1 aromatic heterocycles. The molecule has 0 aliphatic carbocycles. The van der Waals surface area contributed by atoms with Crippen molar-refractivity contribution in [3.05, 3.63) is 47.8 Å². The van der Waals surface area contributed by atoms with Crippen LogP contribution in [0.1, 0.15) is 28.9 Å². The topological polar surface area (TPSA) is 52.3 Å². The number of aromatic nitrogens is 1. The molecule has 118 valence electrons. The third kappa shape index (κ3) is 2.80. The Hall–Kier alpha value is -2.74. The highest BCUT2D eigenvalue weighted by atomic mass is 16.2. The van der Waals surface area contributed by atoms with Crippen molar-refractivity contribution in [2.24, 2.45) is 0 Å². The average Bonchev–Trinajstić information content (AvgIpc) is 3.23. The third-order valence-electron chi connectivity index (χ3n) is 4.25. The molecule has 5 heteroatoms. The number of hydrogen-bond donors (Lipinski definition) is 0. The molecule has 1 aliphatic rings. The van der Waals surface area contributed by atoms with E-state index < -0.39 is 0 Å². The molecule has 0 saturated carbocycles. The maximum absolute atomic E-state index is 12.8. The Morgan fingerprint density at radius 3 is 2.35 bits per heavy atom. The Labute approximate surface area is 136 Å². The van der Waals surface area contributed by atoms with Crippen LogP contribution in [0.25, 0.3) is 5.69 Å². The van der Waals surface area contributed by atoms with Gasteiger partial charge in [0, 0.05) is 44.8 Å². The molecule has 0 bridgehead atoms. The Kier molecular flexibility index (Phi) is 4.07. The standard InChI is InChI=1S/C18H20N4O/c1-20(2)15-5-7-16(8-6-15)22-12-9-14(13-19)17(22)18(23)21-10-3-4-11-21/h5-9,12H,3-4,10-11H2,1-2H3. The van der Waals surface area contributed by atoms with Gasteiger partial charge in [0.25, 0.3) is 5.91 Å². The molecule has 1 saturated heterocycles. The van der Waals surface area contributed by atoms with Crippen LogP contribution in [0.3, 0.4) is 0 Å². The first kappa shape index (κ1) is 15.2. The molecule has 0 atom stereocenters. The van der Waals surface area contributed by atoms with Gasteiger partial charge >= 0.3 is 0 Å². The molecular formula is C18H20N4O. The van der Waals surface area contributed by atoms with Crippen molar-refractivity contribution in [3.8, 4) is 11.8 Å². The quantitative estimate of drug-likeness (QED) is 0.876. The van der Waals surface area contributed by atoms with Crippen molar-refractivity contribution in [1.29, 1.82) is 5.26 Å². The summed E-state index contributed by atoms with van der Waals surface area (Å²) in [5.41, 5.74) is 2.87. The van der Waals surface area contributed by atoms with E-state index in [2.05, 4.69) is 6.07 Å². The highest BCUT2D eigenvalue weighted by molar-refractivity contribution is 5.96. The van der Waals surface area contributed by atoms with Gasteiger partial charge in [0.15, 0.2) is 0 Å². The van der Waals surface area contributed by atoms with E-state index >= 15 is 0 Å². The van der Waals surface area contributed by atoms with E-state index in [1.165, 1.54) is 0 Å². The van der Waals surface area contributed by atoms with Crippen LogP contribution < -0.4 is 4.90 Å². The molecule has 2 aromatic rings. The van der Waals surface area contributed by atoms with Gasteiger partial charge in [0.1, 0.15) is 11.8 Å². The van der Waals surface area contributed by atoms with Crippen LogP contribution in [-0.4, -0.2) is 42.6 Å². The fourth-order valence-electron chi connectivity index (χ4n) is 2.94. The molecular weight excluding hydrogens is 288 g/mol. The normalized spacial score (nSPS) is 13.9. The number of carbonyl (C=O) groups excluding carboxylic acids is 1. The summed E-state index contributed by atoms with van der Waals surface area (Å²) in [7, 11) is 3.97. The summed E-state index contributed by atoms with van der Waals surface area (Å²) in [5.74, 6) is -0.0549. The van der Waals surface area contributed by atoms with Crippen LogP contribution in [0.15, 0.2) is 36.5 Å². The highest BCUT2D eigenvalue weighted by Gasteiger charge is 2.25. The van der Waals surface area contributed by atoms with E-state index in [1.807, 2.05) is 52.7 Å². The van der Waals surface area contributed by atoms with Crippen molar-refractivity contribution in [1.82, 2.24) is 9.47 Å². The summed E-state index contributed by atoms with van der Waals surface area (Å²) in [6.07, 6.45) is 3.87. The molecule has 1 amide bonds. The molecule has 0 radical (unpaired) electrons. The Morgan fingerprint density at radius 2 is 1.78 bits per heavy atom. The summed E-state index contributed by atoms with van der Waals surface area (Å²) in [5, 5.41) is 9.35. The monoisotopic (exact) mass is 308 g/mol. The van der Waals surface area contributed by atoms with Gasteiger partial charge in [0.2, 0.25) is 0 Å². The van der Waals surface area contributed by atoms with Gasteiger partial charge in [-0.2, -0.15) is 5.26 Å². The number of anilines is 1. The number of benzene rings is 1. The third-order valence-corrected chi connectivity index (χ3v) is 4.25. The van der Waals surface area contributed by atoms with E-state index in [1.54, 1.807) is 12.3 Å². The largest absolute Gasteiger partial charge is 0.378 e. The predicted octanol–water partition coefficient (Wildman–Crippen LogP) is 2.65. The minimum atomic E-state index is -0.0549. The number of amides is 1. The molecule has 2 heterocycles. The van der Waals surface area contributed by atoms with Crippen LogP contribution in [0, 0.1) is 11.3 Å². The fourth-order valence-corrected chi connectivity index (χ4v) is 2.94. The zero-order valence-corrected chi connectivity index (χ0v) is 13.5. The van der Waals surface area contributed by atoms with E-state index in [0.29, 0.717) is 11.3 Å². The lowest BCUT2D eigenvalue weighted by atomic mass is 10.2. The second-order valence-corrected chi connectivity index (χ2v) is 5.97. The molecule has 1 aromatic carbocycles. The Bertz CT molecular complexity index is 746. The van der Waals surface area contributed by atoms with Crippen molar-refractivity contribution in [2.45, 2.75) is 12.8 Å². The summed E-state index contributed by atoms with van der Waals surface area (Å²) < 4.78 is 1.82. The first-order valence-electron chi connectivity index (χ1n) is 7.80. The minimum Gasteiger partial charge on any atom is -0.378 e. The lowest BCUT2D eigenvalue weighted by molar-refractivity contribution is 0.0784. The predicted molar refractivity (Wildman–Crippen MR) is 89.9 cm³/mol. The van der Waals surface area contributed by atoms with Crippen molar-refractivity contribution >= 4 is 11.6 Å². The van der Waals surface area contributed by atoms with Crippen LogP contribution in [0.4, 0.5) is 5.69 Å². The molecule has 5 nitrogen and oxygen atoms in total. The molecule has 3 rings (SSSR count). The highest BCUT2D eigenvalue weighted by Crippen LogP contribution is 2.22. The number of nitrogens with zero attached hydrogens (tertiary/aromatic N) is 4. The van der Waals surface area contributed by atoms with Crippen molar-refractivity contribution in [2.75, 3.05) is 32.1 Å². The SMILES string of the molecule is CN(C)c1ccc(-n2ccc(C#N)c2C(=O)N2CCCC2)cc1. The smallest absolute Gasteiger partial charge is 0.272 e. The lowest BCUT2D eigenvalue weighted by Crippen LogP contribution is -2.30. The maximum Gasteiger partial charge on any atom is 0.272 e. The molecule has 1 aliphatic heterocycles. The second kappa shape index (κ2) is 6.17. The zero-order valence-electron chi connectivity index (χ0n) is 13.5. The average molecular weight is 308 g/mol. The minimum absolute atomic E-state index is 0.0549. The van der Waals surface area contributed by atoms with Crippen LogP contribution in [0.5, 0.6) is 0 Å². The van der Waals surface area contributed by atoms with Crippen molar-refractivity contribution in [3.63, 3.8) is 0 Å². The molecule has 1 fully saturated rings. The van der Waals surface area contributed by atoms with Gasteiger partial charge < -0.3 is 14.4 Å². The van der Waals surface area contributed by atoms with Gasteiger partial charge in [-0.1, -0.05) is 0 Å². The van der Waals surface area contributed by atoms with Gasteiger partial charge in [-0.3, -0.25) is 4.79 Å². The van der Waals surface area contributed by atoms with Crippen molar-refractivity contribution < 1.29 is 4.79 Å². The number of carbonyl (C=O) groups is 1. The fraction of sp³-hybridized carbons (Fsp3) is 0.333. The number of rotatable bonds is 3. The second-order valence-electron chi connectivity index (χ2n) is 5.97. The molecule has 23 heavy (non-hydrogen) atoms. The molecule has 0 spiro atoms. The first-order valence-corrected chi connectivity index (χ1v) is 7.80. The molecule has 0 N–H and O–H groups in total. The molecule has 0 unspecified atom stereocenters. The van der Waals surface area contributed by atoms with E-state index in [0.717, 1.165) is 37.3 Å². The van der Waals surface area contributed by atoms with Crippen LogP contribution in [0.2, 0.25) is 0 Å². The lowest BCUT2D eigenvalue weighted by Gasteiger charge is -2.18. The van der Waals surface area contributed by atoms with Gasteiger partial charge in [-0.05, 0) is 43.2 Å². The van der Waals surface area contributed by atoms with Gasteiger partial charge in [0.05, 0.1) is 5.56 Å². The van der Waals surface area contributed by atoms with Gasteiger partial charge in [-0.25, -0.2) is 0 Å². The van der Waals surface area contributed by atoms with E-state index in [-0.39, 0.29) is 5.91 Å². The first-order chi connectivity index (χ1) is 11.1. The number of hydrogen-bond acceptors (Lipinski definition) is 3. The summed E-state index contributed by atoms with van der Waals surface area (Å²) in [4.78, 5) is 16.7. The van der Waals surface area contributed by atoms with E-state index in [9.17, 15) is 10.1 Å². The maximum atomic E-state index is 12.8. The van der Waals surface area contributed by atoms with Gasteiger partial charge in [-0.15, -0.1) is 0 Å². The number of likely N-dealkylation sites (tertiary alicyclic amines) is 1. The number of nitriles is 1. The summed E-state index contributed by atoms with van der Waals surface area (Å²) in [6.45, 7) is 1.54. The van der Waals surface area contributed by atoms with Crippen LogP contribution >= 0.6 is 0 Å². The Balaban J connectivity index is 2.01.